The van der Waals surface area contributed by atoms with Crippen LogP contribution in [0.25, 0.3) is 0 Å². The number of esters is 1. The van der Waals surface area contributed by atoms with E-state index in [0.29, 0.717) is 12.8 Å². The highest BCUT2D eigenvalue weighted by molar-refractivity contribution is 5.73. The lowest BCUT2D eigenvalue weighted by atomic mass is 9.97. The number of nitrogens with zero attached hydrogens (tertiary/aromatic N) is 2. The molecule has 1 aliphatic rings. The molecule has 0 aromatic carbocycles. The average molecular weight is 306 g/mol. The molecule has 1 aromatic rings. The molecule has 1 fully saturated rings. The summed E-state index contributed by atoms with van der Waals surface area (Å²) in [7, 11) is 0. The number of anilines is 1. The number of hydrogen-bond acceptors (Lipinski definition) is 4. The van der Waals surface area contributed by atoms with Crippen molar-refractivity contribution in [1.29, 1.82) is 0 Å². The zero-order valence-electron chi connectivity index (χ0n) is 11.3. The summed E-state index contributed by atoms with van der Waals surface area (Å²) in [5, 5.41) is 0. The van der Waals surface area contributed by atoms with Gasteiger partial charge in [0.1, 0.15) is 5.69 Å². The molecule has 0 bridgehead atoms. The van der Waals surface area contributed by atoms with Gasteiger partial charge in [0.15, 0.2) is 0 Å². The quantitative estimate of drug-likeness (QED) is 0.489. The monoisotopic (exact) mass is 306 g/mol. The van der Waals surface area contributed by atoms with Gasteiger partial charge in [0.25, 0.3) is 11.9 Å². The zero-order valence-corrected chi connectivity index (χ0v) is 11.3. The average Bonchev–Trinajstić information content (AvgIpc) is 2.46. The Labute approximate surface area is 118 Å². The zero-order chi connectivity index (χ0) is 15.6. The van der Waals surface area contributed by atoms with Crippen molar-refractivity contribution >= 4 is 11.7 Å². The summed E-state index contributed by atoms with van der Waals surface area (Å²) in [5.41, 5.74) is -0.825. The first kappa shape index (κ1) is 15.5. The molecule has 116 valence electrons. The normalized spacial score (nSPS) is 18.7. The second-order valence-corrected chi connectivity index (χ2v) is 4.71. The number of pyridine rings is 1. The Morgan fingerprint density at radius 3 is 2.48 bits per heavy atom. The third-order valence-corrected chi connectivity index (χ3v) is 3.33. The van der Waals surface area contributed by atoms with E-state index >= 15 is 0 Å². The molecule has 0 spiro atoms. The van der Waals surface area contributed by atoms with Crippen LogP contribution in [0.4, 0.5) is 23.2 Å². The maximum absolute atomic E-state index is 13.7. The van der Waals surface area contributed by atoms with Gasteiger partial charge in [0.05, 0.1) is 12.5 Å². The van der Waals surface area contributed by atoms with Gasteiger partial charge in [-0.1, -0.05) is 0 Å². The second-order valence-electron chi connectivity index (χ2n) is 4.71. The van der Waals surface area contributed by atoms with E-state index in [1.165, 1.54) is 0 Å². The van der Waals surface area contributed by atoms with E-state index in [0.717, 1.165) is 4.90 Å². The number of piperidine rings is 1. The van der Waals surface area contributed by atoms with Crippen molar-refractivity contribution in [3.63, 3.8) is 0 Å². The Morgan fingerprint density at radius 1 is 1.29 bits per heavy atom. The first-order valence-corrected chi connectivity index (χ1v) is 6.57. The Kier molecular flexibility index (Phi) is 4.64. The third-order valence-electron chi connectivity index (χ3n) is 3.33. The first-order valence-electron chi connectivity index (χ1n) is 6.57. The predicted molar refractivity (Wildman–Crippen MR) is 65.6 cm³/mol. The largest absolute Gasteiger partial charge is 0.466 e. The van der Waals surface area contributed by atoms with Gasteiger partial charge in [0, 0.05) is 13.1 Å². The van der Waals surface area contributed by atoms with Crippen molar-refractivity contribution in [2.75, 3.05) is 24.6 Å². The van der Waals surface area contributed by atoms with Gasteiger partial charge in [0.2, 0.25) is 11.6 Å². The standard InChI is InChI=1S/C13H14F4N2O2/c1-2-21-13(20)7-4-3-5-19(6-7)10-8(14)11(16)18-12(17)9(10)15/h7H,2-6H2,1H3. The van der Waals surface area contributed by atoms with E-state index in [2.05, 4.69) is 4.98 Å². The molecular formula is C13H14F4N2O2. The van der Waals surface area contributed by atoms with Crippen molar-refractivity contribution < 1.29 is 27.1 Å². The SMILES string of the molecule is CCOC(=O)C1CCCN(c2c(F)c(F)nc(F)c2F)C1. The first-order chi connectivity index (χ1) is 9.95. The number of carbonyl (C=O) groups excluding carboxylic acids is 1. The highest BCUT2D eigenvalue weighted by Crippen LogP contribution is 2.30. The Bertz CT molecular complexity index is 527. The Hall–Kier alpha value is -1.86. The van der Waals surface area contributed by atoms with Crippen LogP contribution >= 0.6 is 0 Å². The number of halogens is 4. The maximum Gasteiger partial charge on any atom is 0.310 e. The maximum atomic E-state index is 13.7. The predicted octanol–water partition coefficient (Wildman–Crippen LogP) is 2.42. The van der Waals surface area contributed by atoms with Crippen LogP contribution in [0, 0.1) is 29.4 Å². The lowest BCUT2D eigenvalue weighted by Gasteiger charge is -2.33. The minimum atomic E-state index is -1.71. The summed E-state index contributed by atoms with van der Waals surface area (Å²) in [6.45, 7) is 1.96. The van der Waals surface area contributed by atoms with Crippen LogP contribution in [0.5, 0.6) is 0 Å². The van der Waals surface area contributed by atoms with Gasteiger partial charge < -0.3 is 9.64 Å². The van der Waals surface area contributed by atoms with Crippen LogP contribution in [0.1, 0.15) is 19.8 Å². The summed E-state index contributed by atoms with van der Waals surface area (Å²) in [6.07, 6.45) is 0.947. The molecule has 2 rings (SSSR count). The molecule has 2 heterocycles. The molecule has 21 heavy (non-hydrogen) atoms. The smallest absolute Gasteiger partial charge is 0.310 e. The van der Waals surface area contributed by atoms with E-state index < -0.39 is 41.1 Å². The number of hydrogen-bond donors (Lipinski definition) is 0. The van der Waals surface area contributed by atoms with Gasteiger partial charge in [-0.05, 0) is 19.8 Å². The van der Waals surface area contributed by atoms with E-state index in [9.17, 15) is 22.4 Å². The topological polar surface area (TPSA) is 42.4 Å². The molecule has 1 atom stereocenters. The van der Waals surface area contributed by atoms with Gasteiger partial charge in [-0.2, -0.15) is 22.5 Å². The molecule has 4 nitrogen and oxygen atoms in total. The highest BCUT2D eigenvalue weighted by Gasteiger charge is 2.32. The van der Waals surface area contributed by atoms with Gasteiger partial charge in [-0.25, -0.2) is 0 Å². The molecule has 1 aromatic heterocycles. The molecule has 1 unspecified atom stereocenters. The summed E-state index contributed by atoms with van der Waals surface area (Å²) >= 11 is 0. The van der Waals surface area contributed by atoms with Crippen molar-refractivity contribution in [2.45, 2.75) is 19.8 Å². The molecule has 0 N–H and O–H groups in total. The lowest BCUT2D eigenvalue weighted by molar-refractivity contribution is -0.148. The van der Waals surface area contributed by atoms with E-state index in [-0.39, 0.29) is 19.7 Å². The minimum absolute atomic E-state index is 0.0600. The minimum Gasteiger partial charge on any atom is -0.466 e. The van der Waals surface area contributed by atoms with Crippen molar-refractivity contribution in [3.05, 3.63) is 23.5 Å². The second kappa shape index (κ2) is 6.28. The van der Waals surface area contributed by atoms with Crippen LogP contribution in [0.2, 0.25) is 0 Å². The van der Waals surface area contributed by atoms with Crippen LogP contribution in [0.15, 0.2) is 0 Å². The van der Waals surface area contributed by atoms with Gasteiger partial charge >= 0.3 is 5.97 Å². The fraction of sp³-hybridized carbons (Fsp3) is 0.538. The van der Waals surface area contributed by atoms with Crippen molar-refractivity contribution in [3.8, 4) is 0 Å². The third kappa shape index (κ3) is 3.08. The van der Waals surface area contributed by atoms with Crippen molar-refractivity contribution in [2.24, 2.45) is 5.92 Å². The fourth-order valence-corrected chi connectivity index (χ4v) is 2.39. The Balaban J connectivity index is 2.28. The Morgan fingerprint density at radius 2 is 1.90 bits per heavy atom. The van der Waals surface area contributed by atoms with Crippen molar-refractivity contribution in [1.82, 2.24) is 4.98 Å². The molecule has 0 amide bonds. The summed E-state index contributed by atoms with van der Waals surface area (Å²) < 4.78 is 58.5. The lowest BCUT2D eigenvalue weighted by Crippen LogP contribution is -2.40. The summed E-state index contributed by atoms with van der Waals surface area (Å²) in [6, 6.07) is 0. The summed E-state index contributed by atoms with van der Waals surface area (Å²) in [5.74, 6) is -7.60. The summed E-state index contributed by atoms with van der Waals surface area (Å²) in [4.78, 5) is 15.3. The van der Waals surface area contributed by atoms with Crippen LogP contribution in [-0.2, 0) is 9.53 Å². The molecule has 1 saturated heterocycles. The molecule has 0 saturated carbocycles. The number of ether oxygens (including phenoxy) is 1. The van der Waals surface area contributed by atoms with Crippen LogP contribution < -0.4 is 4.90 Å². The molecule has 0 aliphatic carbocycles. The highest BCUT2D eigenvalue weighted by atomic mass is 19.2. The van der Waals surface area contributed by atoms with Crippen LogP contribution in [-0.4, -0.2) is 30.6 Å². The van der Waals surface area contributed by atoms with E-state index in [1.54, 1.807) is 6.92 Å². The number of rotatable bonds is 3. The van der Waals surface area contributed by atoms with Gasteiger partial charge in [-0.3, -0.25) is 4.79 Å². The van der Waals surface area contributed by atoms with E-state index in [4.69, 9.17) is 4.74 Å². The fourth-order valence-electron chi connectivity index (χ4n) is 2.39. The molecule has 0 radical (unpaired) electrons. The van der Waals surface area contributed by atoms with E-state index in [1.807, 2.05) is 0 Å². The molecule has 1 aliphatic heterocycles. The molecular weight excluding hydrogens is 292 g/mol. The number of aromatic nitrogens is 1. The molecule has 8 heteroatoms. The number of carbonyl (C=O) groups is 1. The van der Waals surface area contributed by atoms with Gasteiger partial charge in [-0.15, -0.1) is 0 Å². The van der Waals surface area contributed by atoms with Crippen LogP contribution in [0.3, 0.4) is 0 Å².